The minimum absolute atomic E-state index is 0.484. The summed E-state index contributed by atoms with van der Waals surface area (Å²) in [6, 6.07) is 3.13. The zero-order valence-corrected chi connectivity index (χ0v) is 10.2. The van der Waals surface area contributed by atoms with Gasteiger partial charge in [0.15, 0.2) is 11.6 Å². The molecule has 1 fully saturated rings. The van der Waals surface area contributed by atoms with Crippen LogP contribution in [0.2, 0.25) is 0 Å². The summed E-state index contributed by atoms with van der Waals surface area (Å²) in [7, 11) is 0. The molecule has 1 heterocycles. The van der Waals surface area contributed by atoms with Crippen molar-refractivity contribution in [3.05, 3.63) is 34.9 Å². The van der Waals surface area contributed by atoms with Crippen LogP contribution in [0.4, 0.5) is 8.78 Å². The molecular weight excluding hydrogens is 220 g/mol. The highest BCUT2D eigenvalue weighted by Gasteiger charge is 2.17. The molecule has 1 aliphatic heterocycles. The molecular formula is C14H19F2N. The Morgan fingerprint density at radius 2 is 1.94 bits per heavy atom. The molecule has 1 aliphatic rings. The van der Waals surface area contributed by atoms with Gasteiger partial charge in [0, 0.05) is 0 Å². The van der Waals surface area contributed by atoms with E-state index in [4.69, 9.17) is 0 Å². The fraction of sp³-hybridized carbons (Fsp3) is 0.571. The Hall–Kier alpha value is -0.960. The van der Waals surface area contributed by atoms with Gasteiger partial charge in [-0.15, -0.1) is 0 Å². The Kier molecular flexibility index (Phi) is 4.11. The lowest BCUT2D eigenvalue weighted by molar-refractivity contribution is 0.366. The molecule has 1 saturated heterocycles. The normalized spacial score (nSPS) is 17.4. The minimum atomic E-state index is -0.701. The fourth-order valence-corrected chi connectivity index (χ4v) is 2.46. The first kappa shape index (κ1) is 12.5. The van der Waals surface area contributed by atoms with E-state index in [2.05, 4.69) is 5.32 Å². The smallest absolute Gasteiger partial charge is 0.162 e. The Labute approximate surface area is 101 Å². The fourth-order valence-electron chi connectivity index (χ4n) is 2.46. The quantitative estimate of drug-likeness (QED) is 0.854. The van der Waals surface area contributed by atoms with Crippen molar-refractivity contribution in [3.8, 4) is 0 Å². The van der Waals surface area contributed by atoms with Gasteiger partial charge in [-0.05, 0) is 61.9 Å². The van der Waals surface area contributed by atoms with Crippen molar-refractivity contribution < 1.29 is 8.78 Å². The molecule has 0 aromatic heterocycles. The number of hydrogen-bond donors (Lipinski definition) is 1. The molecule has 1 aromatic carbocycles. The van der Waals surface area contributed by atoms with Gasteiger partial charge in [0.1, 0.15) is 0 Å². The molecule has 0 saturated carbocycles. The van der Waals surface area contributed by atoms with E-state index >= 15 is 0 Å². The molecule has 2 rings (SSSR count). The van der Waals surface area contributed by atoms with Crippen LogP contribution in [0, 0.1) is 17.6 Å². The molecule has 3 heteroatoms. The number of benzene rings is 1. The number of hydrogen-bond acceptors (Lipinski definition) is 1. The molecule has 0 radical (unpaired) electrons. The van der Waals surface area contributed by atoms with Gasteiger partial charge in [-0.3, -0.25) is 0 Å². The predicted molar refractivity (Wildman–Crippen MR) is 65.0 cm³/mol. The number of aryl methyl sites for hydroxylation is 1. The van der Waals surface area contributed by atoms with Crippen LogP contribution in [0.15, 0.2) is 12.1 Å². The van der Waals surface area contributed by atoms with Crippen molar-refractivity contribution in [3.63, 3.8) is 0 Å². The maximum atomic E-state index is 13.7. The lowest BCUT2D eigenvalue weighted by Crippen LogP contribution is -2.28. The van der Waals surface area contributed by atoms with Gasteiger partial charge in [0.25, 0.3) is 0 Å². The van der Waals surface area contributed by atoms with Gasteiger partial charge < -0.3 is 5.32 Å². The van der Waals surface area contributed by atoms with Crippen molar-refractivity contribution in [1.82, 2.24) is 5.32 Å². The third-order valence-corrected chi connectivity index (χ3v) is 3.54. The highest BCUT2D eigenvalue weighted by atomic mass is 19.2. The van der Waals surface area contributed by atoms with Crippen LogP contribution in [-0.4, -0.2) is 13.1 Å². The molecule has 0 atom stereocenters. The minimum Gasteiger partial charge on any atom is -0.317 e. The molecule has 0 unspecified atom stereocenters. The number of halogens is 2. The molecule has 0 spiro atoms. The Morgan fingerprint density at radius 1 is 1.24 bits per heavy atom. The average Bonchev–Trinajstić information content (AvgIpc) is 2.36. The highest BCUT2D eigenvalue weighted by Crippen LogP contribution is 2.23. The summed E-state index contributed by atoms with van der Waals surface area (Å²) in [6.45, 7) is 3.94. The van der Waals surface area contributed by atoms with Gasteiger partial charge in [0.05, 0.1) is 0 Å². The third-order valence-electron chi connectivity index (χ3n) is 3.54. The van der Waals surface area contributed by atoms with Crippen molar-refractivity contribution in [2.24, 2.45) is 5.92 Å². The van der Waals surface area contributed by atoms with Crippen LogP contribution in [0.5, 0.6) is 0 Å². The van der Waals surface area contributed by atoms with E-state index < -0.39 is 11.6 Å². The second-order valence-corrected chi connectivity index (χ2v) is 4.80. The zero-order valence-electron chi connectivity index (χ0n) is 10.2. The third kappa shape index (κ3) is 3.03. The lowest BCUT2D eigenvalue weighted by atomic mass is 9.90. The molecule has 0 bridgehead atoms. The first-order valence-electron chi connectivity index (χ1n) is 6.38. The second-order valence-electron chi connectivity index (χ2n) is 4.80. The van der Waals surface area contributed by atoms with E-state index in [0.717, 1.165) is 37.9 Å². The summed E-state index contributed by atoms with van der Waals surface area (Å²) < 4.78 is 27.1. The number of nitrogens with one attached hydrogen (secondary N) is 1. The van der Waals surface area contributed by atoms with Gasteiger partial charge in [-0.1, -0.05) is 13.0 Å². The van der Waals surface area contributed by atoms with Gasteiger partial charge >= 0.3 is 0 Å². The number of rotatable bonds is 3. The molecule has 17 heavy (non-hydrogen) atoms. The van der Waals surface area contributed by atoms with Crippen molar-refractivity contribution in [2.45, 2.75) is 32.6 Å². The summed E-state index contributed by atoms with van der Waals surface area (Å²) in [5, 5.41) is 3.28. The standard InChI is InChI=1S/C14H19F2N/c1-2-10-7-12(14(16)13(15)9-10)8-11-3-5-17-6-4-11/h7,9,11,17H,2-6,8H2,1H3. The highest BCUT2D eigenvalue weighted by molar-refractivity contribution is 5.27. The average molecular weight is 239 g/mol. The van der Waals surface area contributed by atoms with Crippen LogP contribution < -0.4 is 5.32 Å². The van der Waals surface area contributed by atoms with Gasteiger partial charge in [-0.2, -0.15) is 0 Å². The van der Waals surface area contributed by atoms with Crippen LogP contribution in [-0.2, 0) is 12.8 Å². The summed E-state index contributed by atoms with van der Waals surface area (Å²) in [6.07, 6.45) is 3.52. The lowest BCUT2D eigenvalue weighted by Gasteiger charge is -2.23. The first-order chi connectivity index (χ1) is 8.20. The monoisotopic (exact) mass is 239 g/mol. The maximum absolute atomic E-state index is 13.7. The SMILES string of the molecule is CCc1cc(F)c(F)c(CC2CCNCC2)c1. The van der Waals surface area contributed by atoms with Crippen LogP contribution in [0.25, 0.3) is 0 Å². The summed E-state index contributed by atoms with van der Waals surface area (Å²) in [5.41, 5.74) is 1.43. The Balaban J connectivity index is 2.15. The Morgan fingerprint density at radius 3 is 2.59 bits per heavy atom. The van der Waals surface area contributed by atoms with Crippen molar-refractivity contribution >= 4 is 0 Å². The molecule has 0 aliphatic carbocycles. The van der Waals surface area contributed by atoms with E-state index in [1.165, 1.54) is 6.07 Å². The van der Waals surface area contributed by atoms with E-state index in [1.807, 2.05) is 13.0 Å². The van der Waals surface area contributed by atoms with Crippen LogP contribution in [0.1, 0.15) is 30.9 Å². The van der Waals surface area contributed by atoms with Gasteiger partial charge in [-0.25, -0.2) is 8.78 Å². The maximum Gasteiger partial charge on any atom is 0.162 e. The molecule has 1 aromatic rings. The summed E-state index contributed by atoms with van der Waals surface area (Å²) >= 11 is 0. The van der Waals surface area contributed by atoms with Crippen LogP contribution in [0.3, 0.4) is 0 Å². The molecule has 94 valence electrons. The molecule has 1 nitrogen and oxygen atoms in total. The number of piperidine rings is 1. The first-order valence-corrected chi connectivity index (χ1v) is 6.38. The molecule has 1 N–H and O–H groups in total. The predicted octanol–water partition coefficient (Wildman–Crippen LogP) is 3.07. The zero-order chi connectivity index (χ0) is 12.3. The summed E-state index contributed by atoms with van der Waals surface area (Å²) in [5.74, 6) is -0.869. The van der Waals surface area contributed by atoms with E-state index in [-0.39, 0.29) is 0 Å². The largest absolute Gasteiger partial charge is 0.317 e. The topological polar surface area (TPSA) is 12.0 Å². The summed E-state index contributed by atoms with van der Waals surface area (Å²) in [4.78, 5) is 0. The molecule has 0 amide bonds. The van der Waals surface area contributed by atoms with Crippen molar-refractivity contribution in [2.75, 3.05) is 13.1 Å². The Bertz CT molecular complexity index is 384. The second kappa shape index (κ2) is 5.58. The van der Waals surface area contributed by atoms with Crippen molar-refractivity contribution in [1.29, 1.82) is 0 Å². The van der Waals surface area contributed by atoms with E-state index in [9.17, 15) is 8.78 Å². The van der Waals surface area contributed by atoms with Gasteiger partial charge in [0.2, 0.25) is 0 Å². The van der Waals surface area contributed by atoms with E-state index in [1.54, 1.807) is 0 Å². The van der Waals surface area contributed by atoms with E-state index in [0.29, 0.717) is 17.9 Å². The van der Waals surface area contributed by atoms with Crippen LogP contribution >= 0.6 is 0 Å².